The third kappa shape index (κ3) is 5.41. The highest BCUT2D eigenvalue weighted by atomic mass is 16.3. The fourth-order valence-corrected chi connectivity index (χ4v) is 4.56. The molecule has 0 saturated carbocycles. The van der Waals surface area contributed by atoms with Crippen LogP contribution in [0.15, 0.2) is 24.3 Å². The van der Waals surface area contributed by atoms with Gasteiger partial charge < -0.3 is 5.11 Å². The molecule has 0 aliphatic rings. The highest BCUT2D eigenvalue weighted by Crippen LogP contribution is 2.44. The third-order valence-corrected chi connectivity index (χ3v) is 6.87. The zero-order valence-corrected chi connectivity index (χ0v) is 23.3. The van der Waals surface area contributed by atoms with E-state index in [-0.39, 0.29) is 27.6 Å². The molecule has 0 aromatic heterocycles. The van der Waals surface area contributed by atoms with E-state index in [0.717, 1.165) is 11.1 Å². The van der Waals surface area contributed by atoms with Crippen LogP contribution in [-0.2, 0) is 21.7 Å². The molecular formula is C31H48O. The van der Waals surface area contributed by atoms with Gasteiger partial charge in [-0.15, -0.1) is 0 Å². The molecule has 1 nitrogen and oxygen atoms in total. The summed E-state index contributed by atoms with van der Waals surface area (Å²) in [4.78, 5) is 0. The molecule has 178 valence electrons. The zero-order valence-electron chi connectivity index (χ0n) is 23.3. The third-order valence-electron chi connectivity index (χ3n) is 6.87. The molecule has 0 heterocycles. The van der Waals surface area contributed by atoms with E-state index in [0.29, 0.717) is 5.75 Å². The van der Waals surface area contributed by atoms with Crippen LogP contribution >= 0.6 is 0 Å². The molecule has 1 unspecified atom stereocenters. The SMILES string of the molecule is Cc1c(C(C)c2cc(C(C)(C)C)cc(C(C)(C)C)c2O)cc(C(C)(C)C)cc1C(C)(C)C. The number of aromatic hydroxyl groups is 1. The number of hydrogen-bond acceptors (Lipinski definition) is 1. The Morgan fingerprint density at radius 3 is 1.31 bits per heavy atom. The van der Waals surface area contributed by atoms with Crippen LogP contribution in [0.25, 0.3) is 0 Å². The van der Waals surface area contributed by atoms with Gasteiger partial charge in [-0.05, 0) is 62.0 Å². The molecule has 2 aromatic rings. The van der Waals surface area contributed by atoms with E-state index in [1.165, 1.54) is 27.8 Å². The van der Waals surface area contributed by atoms with Crippen molar-refractivity contribution in [2.45, 2.75) is 125 Å². The van der Waals surface area contributed by atoms with Crippen LogP contribution in [0, 0.1) is 6.92 Å². The Hall–Kier alpha value is -1.76. The molecule has 0 aliphatic carbocycles. The van der Waals surface area contributed by atoms with E-state index in [1.54, 1.807) is 0 Å². The molecule has 1 atom stereocenters. The minimum atomic E-state index is -0.126. The van der Waals surface area contributed by atoms with Crippen molar-refractivity contribution in [1.82, 2.24) is 0 Å². The van der Waals surface area contributed by atoms with Crippen molar-refractivity contribution < 1.29 is 5.11 Å². The standard InChI is InChI=1S/C31H48O/c1-19(23-15-21(28(3,4)5)17-25(20(23)2)30(9,10)11)24-16-22(29(6,7)8)18-26(27(24)32)31(12,13)14/h15-19,32H,1-14H3. The predicted molar refractivity (Wildman–Crippen MR) is 142 cm³/mol. The van der Waals surface area contributed by atoms with Crippen molar-refractivity contribution in [2.75, 3.05) is 0 Å². The van der Waals surface area contributed by atoms with Gasteiger partial charge in [0.15, 0.2) is 0 Å². The molecular weight excluding hydrogens is 388 g/mol. The zero-order chi connectivity index (χ0) is 25.0. The smallest absolute Gasteiger partial charge is 0.123 e. The van der Waals surface area contributed by atoms with Gasteiger partial charge in [-0.3, -0.25) is 0 Å². The van der Waals surface area contributed by atoms with Gasteiger partial charge in [0.2, 0.25) is 0 Å². The number of phenolic OH excluding ortho intramolecular Hbond substituents is 1. The molecule has 0 radical (unpaired) electrons. The van der Waals surface area contributed by atoms with Crippen molar-refractivity contribution in [3.8, 4) is 5.75 Å². The van der Waals surface area contributed by atoms with E-state index in [4.69, 9.17) is 0 Å². The van der Waals surface area contributed by atoms with Crippen molar-refractivity contribution in [3.05, 3.63) is 63.2 Å². The molecule has 32 heavy (non-hydrogen) atoms. The summed E-state index contributed by atoms with van der Waals surface area (Å²) >= 11 is 0. The van der Waals surface area contributed by atoms with E-state index < -0.39 is 0 Å². The topological polar surface area (TPSA) is 20.2 Å². The fourth-order valence-electron chi connectivity index (χ4n) is 4.56. The lowest BCUT2D eigenvalue weighted by atomic mass is 9.73. The van der Waals surface area contributed by atoms with Gasteiger partial charge in [0, 0.05) is 11.5 Å². The van der Waals surface area contributed by atoms with Gasteiger partial charge in [-0.25, -0.2) is 0 Å². The van der Waals surface area contributed by atoms with Gasteiger partial charge in [-0.2, -0.15) is 0 Å². The quantitative estimate of drug-likeness (QED) is 0.498. The summed E-state index contributed by atoms with van der Waals surface area (Å²) in [5.41, 5.74) is 8.79. The molecule has 0 amide bonds. The largest absolute Gasteiger partial charge is 0.507 e. The lowest BCUT2D eigenvalue weighted by molar-refractivity contribution is 0.436. The first-order valence-electron chi connectivity index (χ1n) is 12.2. The van der Waals surface area contributed by atoms with E-state index >= 15 is 0 Å². The molecule has 0 bridgehead atoms. The second-order valence-corrected chi connectivity index (χ2v) is 13.9. The normalized spacial score (nSPS) is 14.6. The van der Waals surface area contributed by atoms with E-state index in [9.17, 15) is 5.11 Å². The van der Waals surface area contributed by atoms with Crippen molar-refractivity contribution >= 4 is 0 Å². The molecule has 1 heteroatoms. The number of hydrogen-bond donors (Lipinski definition) is 1. The summed E-state index contributed by atoms with van der Waals surface area (Å²) in [6, 6.07) is 9.24. The van der Waals surface area contributed by atoms with Crippen LogP contribution in [0.1, 0.15) is 135 Å². The minimum absolute atomic E-state index is 0.0149. The Bertz CT molecular complexity index is 898. The van der Waals surface area contributed by atoms with Crippen molar-refractivity contribution in [3.63, 3.8) is 0 Å². The first-order valence-corrected chi connectivity index (χ1v) is 12.2. The van der Waals surface area contributed by atoms with Crippen LogP contribution in [-0.4, -0.2) is 5.11 Å². The average Bonchev–Trinajstić information content (AvgIpc) is 2.57. The molecule has 0 saturated heterocycles. The second kappa shape index (κ2) is 8.23. The van der Waals surface area contributed by atoms with Crippen LogP contribution in [0.3, 0.4) is 0 Å². The van der Waals surface area contributed by atoms with Crippen LogP contribution in [0.5, 0.6) is 5.75 Å². The monoisotopic (exact) mass is 436 g/mol. The molecule has 0 aliphatic heterocycles. The first kappa shape index (κ1) is 26.5. The number of phenols is 1. The summed E-state index contributed by atoms with van der Waals surface area (Å²) in [6.07, 6.45) is 0. The molecule has 0 spiro atoms. The minimum Gasteiger partial charge on any atom is -0.507 e. The fraction of sp³-hybridized carbons (Fsp3) is 0.613. The first-order chi connectivity index (χ1) is 14.2. The van der Waals surface area contributed by atoms with E-state index in [2.05, 4.69) is 121 Å². The van der Waals surface area contributed by atoms with Crippen molar-refractivity contribution in [1.29, 1.82) is 0 Å². The Morgan fingerprint density at radius 1 is 0.562 bits per heavy atom. The van der Waals surface area contributed by atoms with Gasteiger partial charge in [-0.1, -0.05) is 114 Å². The van der Waals surface area contributed by atoms with Crippen LogP contribution in [0.4, 0.5) is 0 Å². The predicted octanol–water partition coefficient (Wildman–Crippen LogP) is 9.04. The average molecular weight is 437 g/mol. The highest BCUT2D eigenvalue weighted by molar-refractivity contribution is 5.55. The highest BCUT2D eigenvalue weighted by Gasteiger charge is 2.30. The lowest BCUT2D eigenvalue weighted by Gasteiger charge is -2.32. The Morgan fingerprint density at radius 2 is 0.938 bits per heavy atom. The van der Waals surface area contributed by atoms with Gasteiger partial charge >= 0.3 is 0 Å². The summed E-state index contributed by atoms with van der Waals surface area (Å²) in [6.45, 7) is 31.6. The second-order valence-electron chi connectivity index (χ2n) is 13.9. The van der Waals surface area contributed by atoms with Gasteiger partial charge in [0.25, 0.3) is 0 Å². The molecule has 0 fully saturated rings. The Labute approximate surface area is 198 Å². The van der Waals surface area contributed by atoms with Crippen molar-refractivity contribution in [2.24, 2.45) is 0 Å². The molecule has 2 rings (SSSR count). The van der Waals surface area contributed by atoms with Crippen LogP contribution in [0.2, 0.25) is 0 Å². The maximum absolute atomic E-state index is 11.5. The number of rotatable bonds is 2. The number of benzene rings is 2. The summed E-state index contributed by atoms with van der Waals surface area (Å²) in [5.74, 6) is 0.553. The lowest BCUT2D eigenvalue weighted by Crippen LogP contribution is -2.21. The molecule has 1 N–H and O–H groups in total. The Kier molecular flexibility index (Phi) is 6.81. The molecule has 2 aromatic carbocycles. The maximum atomic E-state index is 11.5. The van der Waals surface area contributed by atoms with Gasteiger partial charge in [0.05, 0.1) is 0 Å². The van der Waals surface area contributed by atoms with Crippen LogP contribution < -0.4 is 0 Å². The summed E-state index contributed by atoms with van der Waals surface area (Å²) < 4.78 is 0. The Balaban J connectivity index is 2.89. The van der Waals surface area contributed by atoms with Gasteiger partial charge in [0.1, 0.15) is 5.75 Å². The summed E-state index contributed by atoms with van der Waals surface area (Å²) in [7, 11) is 0. The van der Waals surface area contributed by atoms with E-state index in [1.807, 2.05) is 0 Å². The maximum Gasteiger partial charge on any atom is 0.123 e. The summed E-state index contributed by atoms with van der Waals surface area (Å²) in [5, 5.41) is 11.5.